The standard InChI is InChI=1S/C24H19Cl2N3O/c1-16-6-2-3-7-17(16)14-29-15-18(20-8-4-5-9-23(20)29)13-27-28-24(30)21-11-10-19(25)12-22(21)26/h2-13,15H,14H2,1H3,(H,28,30)/b27-13-. The number of para-hydroxylation sites is 1. The molecule has 30 heavy (non-hydrogen) atoms. The number of hydrazone groups is 1. The lowest BCUT2D eigenvalue weighted by Gasteiger charge is -2.08. The second-order valence-corrected chi connectivity index (χ2v) is 7.82. The van der Waals surface area contributed by atoms with E-state index in [-0.39, 0.29) is 5.02 Å². The molecule has 1 N–H and O–H groups in total. The van der Waals surface area contributed by atoms with Gasteiger partial charge in [0.15, 0.2) is 0 Å². The number of nitrogens with zero attached hydrogens (tertiary/aromatic N) is 2. The van der Waals surface area contributed by atoms with Gasteiger partial charge >= 0.3 is 0 Å². The minimum Gasteiger partial charge on any atom is -0.342 e. The lowest BCUT2D eigenvalue weighted by atomic mass is 10.1. The summed E-state index contributed by atoms with van der Waals surface area (Å²) < 4.78 is 2.19. The molecule has 0 bridgehead atoms. The van der Waals surface area contributed by atoms with Crippen LogP contribution in [0.2, 0.25) is 10.0 Å². The molecule has 0 aliphatic heterocycles. The van der Waals surface area contributed by atoms with Crippen LogP contribution in [0.5, 0.6) is 0 Å². The van der Waals surface area contributed by atoms with Gasteiger partial charge in [-0.25, -0.2) is 5.43 Å². The van der Waals surface area contributed by atoms with Crippen LogP contribution in [0.1, 0.15) is 27.0 Å². The van der Waals surface area contributed by atoms with E-state index >= 15 is 0 Å². The lowest BCUT2D eigenvalue weighted by molar-refractivity contribution is 0.0955. The third-order valence-electron chi connectivity index (χ3n) is 4.97. The van der Waals surface area contributed by atoms with Gasteiger partial charge in [0.05, 0.1) is 16.8 Å². The fraction of sp³-hybridized carbons (Fsp3) is 0.0833. The molecular weight excluding hydrogens is 417 g/mol. The van der Waals surface area contributed by atoms with E-state index in [1.165, 1.54) is 17.2 Å². The fourth-order valence-electron chi connectivity index (χ4n) is 3.37. The number of carbonyl (C=O) groups excluding carboxylic acids is 1. The number of hydrogen-bond donors (Lipinski definition) is 1. The molecule has 4 aromatic rings. The van der Waals surface area contributed by atoms with Gasteiger partial charge in [0.25, 0.3) is 5.91 Å². The zero-order valence-electron chi connectivity index (χ0n) is 16.3. The molecular formula is C24H19Cl2N3O. The van der Waals surface area contributed by atoms with E-state index in [1.807, 2.05) is 36.5 Å². The normalized spacial score (nSPS) is 11.3. The fourth-order valence-corrected chi connectivity index (χ4v) is 3.87. The van der Waals surface area contributed by atoms with Gasteiger partial charge < -0.3 is 4.57 Å². The second-order valence-electron chi connectivity index (χ2n) is 6.98. The highest BCUT2D eigenvalue weighted by Gasteiger charge is 2.11. The molecule has 0 aliphatic rings. The Bertz CT molecular complexity index is 1260. The van der Waals surface area contributed by atoms with Crippen molar-refractivity contribution in [1.29, 1.82) is 0 Å². The summed E-state index contributed by atoms with van der Waals surface area (Å²) in [7, 11) is 0. The average molecular weight is 436 g/mol. The number of fused-ring (bicyclic) bond motifs is 1. The van der Waals surface area contributed by atoms with Crippen LogP contribution < -0.4 is 5.43 Å². The predicted molar refractivity (Wildman–Crippen MR) is 124 cm³/mol. The maximum absolute atomic E-state index is 12.4. The van der Waals surface area contributed by atoms with Crippen LogP contribution in [-0.4, -0.2) is 16.7 Å². The topological polar surface area (TPSA) is 46.4 Å². The summed E-state index contributed by atoms with van der Waals surface area (Å²) >= 11 is 12.0. The van der Waals surface area contributed by atoms with Crippen LogP contribution in [0.4, 0.5) is 0 Å². The molecule has 0 spiro atoms. The Morgan fingerprint density at radius 1 is 1.07 bits per heavy atom. The number of nitrogens with one attached hydrogen (secondary N) is 1. The van der Waals surface area contributed by atoms with Gasteiger partial charge in [-0.05, 0) is 42.3 Å². The third-order valence-corrected chi connectivity index (χ3v) is 5.51. The molecule has 6 heteroatoms. The van der Waals surface area contributed by atoms with Gasteiger partial charge in [-0.2, -0.15) is 5.10 Å². The Kier molecular flexibility index (Phi) is 5.88. The highest BCUT2D eigenvalue weighted by Crippen LogP contribution is 2.23. The molecule has 4 rings (SSSR count). The first-order valence-electron chi connectivity index (χ1n) is 9.44. The Morgan fingerprint density at radius 3 is 2.63 bits per heavy atom. The van der Waals surface area contributed by atoms with Crippen LogP contribution in [0.25, 0.3) is 10.9 Å². The number of amides is 1. The van der Waals surface area contributed by atoms with Crippen LogP contribution in [0, 0.1) is 6.92 Å². The lowest BCUT2D eigenvalue weighted by Crippen LogP contribution is -2.18. The predicted octanol–water partition coefficient (Wildman–Crippen LogP) is 6.07. The van der Waals surface area contributed by atoms with Crippen LogP contribution in [-0.2, 0) is 6.54 Å². The number of benzene rings is 3. The summed E-state index contributed by atoms with van der Waals surface area (Å²) in [6.45, 7) is 2.87. The van der Waals surface area contributed by atoms with Crippen molar-refractivity contribution in [1.82, 2.24) is 9.99 Å². The summed E-state index contributed by atoms with van der Waals surface area (Å²) in [5.41, 5.74) is 7.38. The zero-order chi connectivity index (χ0) is 21.1. The SMILES string of the molecule is Cc1ccccc1Cn1cc(/C=N\NC(=O)c2ccc(Cl)cc2Cl)c2ccccc21. The van der Waals surface area contributed by atoms with Crippen molar-refractivity contribution in [3.63, 3.8) is 0 Å². The monoisotopic (exact) mass is 435 g/mol. The molecule has 0 radical (unpaired) electrons. The number of aryl methyl sites for hydroxylation is 1. The average Bonchev–Trinajstić information content (AvgIpc) is 3.07. The van der Waals surface area contributed by atoms with Gasteiger partial charge in [0.2, 0.25) is 0 Å². The van der Waals surface area contributed by atoms with E-state index in [4.69, 9.17) is 23.2 Å². The van der Waals surface area contributed by atoms with Crippen LogP contribution in [0.15, 0.2) is 78.0 Å². The Balaban J connectivity index is 1.58. The van der Waals surface area contributed by atoms with Crippen molar-refractivity contribution in [3.8, 4) is 0 Å². The molecule has 1 aromatic heterocycles. The van der Waals surface area contributed by atoms with Crippen molar-refractivity contribution in [2.75, 3.05) is 0 Å². The smallest absolute Gasteiger partial charge is 0.272 e. The van der Waals surface area contributed by atoms with Gasteiger partial charge in [-0.15, -0.1) is 0 Å². The molecule has 0 atom stereocenters. The first-order chi connectivity index (χ1) is 14.5. The van der Waals surface area contributed by atoms with Gasteiger partial charge in [-0.1, -0.05) is 65.7 Å². The molecule has 1 heterocycles. The minimum atomic E-state index is -0.392. The van der Waals surface area contributed by atoms with E-state index in [1.54, 1.807) is 18.3 Å². The molecule has 3 aromatic carbocycles. The Labute approximate surface area is 184 Å². The van der Waals surface area contributed by atoms with Crippen LogP contribution in [0.3, 0.4) is 0 Å². The largest absolute Gasteiger partial charge is 0.342 e. The van der Waals surface area contributed by atoms with E-state index in [2.05, 4.69) is 40.2 Å². The number of hydrogen-bond acceptors (Lipinski definition) is 2. The Morgan fingerprint density at radius 2 is 1.83 bits per heavy atom. The highest BCUT2D eigenvalue weighted by molar-refractivity contribution is 6.36. The van der Waals surface area contributed by atoms with Crippen molar-refractivity contribution < 1.29 is 4.79 Å². The minimum absolute atomic E-state index is 0.282. The molecule has 0 aliphatic carbocycles. The number of rotatable bonds is 5. The Hall–Kier alpha value is -3.08. The summed E-state index contributed by atoms with van der Waals surface area (Å²) in [5.74, 6) is -0.392. The molecule has 4 nitrogen and oxygen atoms in total. The number of halogens is 2. The first kappa shape index (κ1) is 20.2. The molecule has 150 valence electrons. The van der Waals surface area contributed by atoms with E-state index in [9.17, 15) is 4.79 Å². The maximum Gasteiger partial charge on any atom is 0.272 e. The summed E-state index contributed by atoms with van der Waals surface area (Å²) in [4.78, 5) is 12.4. The first-order valence-corrected chi connectivity index (χ1v) is 10.2. The molecule has 1 amide bonds. The number of aromatic nitrogens is 1. The van der Waals surface area contributed by atoms with E-state index in [0.29, 0.717) is 10.6 Å². The summed E-state index contributed by atoms with van der Waals surface area (Å²) in [5, 5.41) is 5.96. The van der Waals surface area contributed by atoms with Gasteiger partial charge in [0.1, 0.15) is 0 Å². The van der Waals surface area contributed by atoms with Crippen LogP contribution >= 0.6 is 23.2 Å². The third kappa shape index (κ3) is 4.25. The molecule has 0 saturated carbocycles. The van der Waals surface area contributed by atoms with Crippen molar-refractivity contribution in [2.45, 2.75) is 13.5 Å². The van der Waals surface area contributed by atoms with E-state index in [0.717, 1.165) is 23.0 Å². The van der Waals surface area contributed by atoms with Gasteiger partial charge in [0, 0.05) is 34.2 Å². The molecule has 0 fully saturated rings. The van der Waals surface area contributed by atoms with Gasteiger partial charge in [-0.3, -0.25) is 4.79 Å². The van der Waals surface area contributed by atoms with Crippen molar-refractivity contribution in [3.05, 3.63) is 105 Å². The molecule has 0 saturated heterocycles. The van der Waals surface area contributed by atoms with Crippen molar-refractivity contribution >= 4 is 46.2 Å². The summed E-state index contributed by atoms with van der Waals surface area (Å²) in [6.07, 6.45) is 3.69. The maximum atomic E-state index is 12.4. The quantitative estimate of drug-likeness (QED) is 0.300. The number of carbonyl (C=O) groups is 1. The highest BCUT2D eigenvalue weighted by atomic mass is 35.5. The summed E-state index contributed by atoms with van der Waals surface area (Å²) in [6, 6.07) is 21.2. The van der Waals surface area contributed by atoms with Crippen molar-refractivity contribution in [2.24, 2.45) is 5.10 Å². The van der Waals surface area contributed by atoms with E-state index < -0.39 is 5.91 Å². The zero-order valence-corrected chi connectivity index (χ0v) is 17.8. The molecule has 0 unspecified atom stereocenters. The second kappa shape index (κ2) is 8.74.